The molecule has 35 heavy (non-hydrogen) atoms. The number of likely N-dealkylation sites (tertiary alicyclic amines) is 1. The monoisotopic (exact) mass is 476 g/mol. The van der Waals surface area contributed by atoms with E-state index in [1.54, 1.807) is 11.9 Å². The molecular weight excluding hydrogens is 442 g/mol. The second-order valence-electron chi connectivity index (χ2n) is 9.90. The van der Waals surface area contributed by atoms with Crippen LogP contribution in [0.15, 0.2) is 53.7 Å². The average molecular weight is 477 g/mol. The highest BCUT2D eigenvalue weighted by atomic mass is 16.4. The standard InChI is InChI=1S/C28H35N3O4/c1-19-5-3-4-6-24(19)25(17-26(29-35)22-9-12-27(32)30(2)18-22)20-7-10-23(11-8-20)31-15-13-21(14-16-31)28(33)34/h3-8,10-11,21-22,25,35H,9,12-18H2,1-2H3,(H,33,34)/p-1/b29-26+/t22?,25-/m1/s1. The van der Waals surface area contributed by atoms with Crippen LogP contribution in [0.1, 0.15) is 54.7 Å². The van der Waals surface area contributed by atoms with Gasteiger partial charge in [0, 0.05) is 56.3 Å². The number of rotatable bonds is 7. The van der Waals surface area contributed by atoms with E-state index in [2.05, 4.69) is 53.4 Å². The van der Waals surface area contributed by atoms with E-state index in [9.17, 15) is 19.9 Å². The van der Waals surface area contributed by atoms with Crippen LogP contribution in [0.4, 0.5) is 5.69 Å². The van der Waals surface area contributed by atoms with Gasteiger partial charge in [-0.25, -0.2) is 0 Å². The molecule has 0 saturated carbocycles. The van der Waals surface area contributed by atoms with E-state index >= 15 is 0 Å². The normalized spacial score (nSPS) is 20.7. The lowest BCUT2D eigenvalue weighted by Gasteiger charge is -2.33. The molecule has 2 aromatic rings. The lowest BCUT2D eigenvalue weighted by Crippen LogP contribution is -2.40. The lowest BCUT2D eigenvalue weighted by molar-refractivity contribution is -0.142. The third kappa shape index (κ3) is 5.66. The Bertz CT molecular complexity index is 1070. The first-order valence-corrected chi connectivity index (χ1v) is 12.4. The topological polar surface area (TPSA) is 96.3 Å². The van der Waals surface area contributed by atoms with Gasteiger partial charge < -0.3 is 25.3 Å². The van der Waals surface area contributed by atoms with E-state index < -0.39 is 5.97 Å². The van der Waals surface area contributed by atoms with Gasteiger partial charge in [-0.15, -0.1) is 0 Å². The SMILES string of the molecule is Cc1ccccc1[C@H](C/C(=N\[O-])C1CCC(=O)N(C)C1)c1ccc(N2CCC(C(=O)O)CC2)cc1. The van der Waals surface area contributed by atoms with Crippen molar-refractivity contribution in [2.75, 3.05) is 31.6 Å². The Labute approximate surface area is 207 Å². The third-order valence-electron chi connectivity index (χ3n) is 7.70. The number of piperidine rings is 2. The van der Waals surface area contributed by atoms with Gasteiger partial charge in [0.2, 0.25) is 5.91 Å². The van der Waals surface area contributed by atoms with Gasteiger partial charge in [0.05, 0.1) is 5.92 Å². The molecule has 0 aromatic heterocycles. The first kappa shape index (κ1) is 24.8. The molecule has 2 fully saturated rings. The van der Waals surface area contributed by atoms with E-state index in [0.717, 1.165) is 24.3 Å². The van der Waals surface area contributed by atoms with Gasteiger partial charge in [-0.1, -0.05) is 36.4 Å². The summed E-state index contributed by atoms with van der Waals surface area (Å²) in [7, 11) is 1.79. The highest BCUT2D eigenvalue weighted by Gasteiger charge is 2.29. The molecule has 7 heteroatoms. The van der Waals surface area contributed by atoms with Crippen LogP contribution in [0.2, 0.25) is 0 Å². The van der Waals surface area contributed by atoms with E-state index in [4.69, 9.17) is 0 Å². The molecule has 1 amide bonds. The van der Waals surface area contributed by atoms with Crippen LogP contribution >= 0.6 is 0 Å². The molecule has 0 bridgehead atoms. The van der Waals surface area contributed by atoms with Crippen molar-refractivity contribution in [3.05, 3.63) is 70.4 Å². The fourth-order valence-corrected chi connectivity index (χ4v) is 5.46. The van der Waals surface area contributed by atoms with Crippen molar-refractivity contribution in [2.24, 2.45) is 17.0 Å². The number of hydrogen-bond acceptors (Lipinski definition) is 5. The second-order valence-corrected chi connectivity index (χ2v) is 9.90. The summed E-state index contributed by atoms with van der Waals surface area (Å²) < 4.78 is 0. The molecule has 2 aromatic carbocycles. The number of aliphatic carboxylic acids is 1. The first-order chi connectivity index (χ1) is 16.9. The highest BCUT2D eigenvalue weighted by Crippen LogP contribution is 2.35. The summed E-state index contributed by atoms with van der Waals surface area (Å²) in [6.07, 6.45) is 2.94. The van der Waals surface area contributed by atoms with E-state index in [1.807, 2.05) is 12.1 Å². The van der Waals surface area contributed by atoms with Crippen LogP contribution in [0.3, 0.4) is 0 Å². The average Bonchev–Trinajstić information content (AvgIpc) is 2.87. The van der Waals surface area contributed by atoms with E-state index in [1.165, 1.54) is 11.1 Å². The van der Waals surface area contributed by atoms with Crippen LogP contribution in [-0.2, 0) is 9.59 Å². The summed E-state index contributed by atoms with van der Waals surface area (Å²) in [5, 5.41) is 24.7. The van der Waals surface area contributed by atoms with Crippen LogP contribution in [0.25, 0.3) is 0 Å². The molecule has 0 aliphatic carbocycles. The van der Waals surface area contributed by atoms with Gasteiger partial charge in [-0.05, 0) is 61.4 Å². The number of carboxylic acid groups (broad SMARTS) is 1. The van der Waals surface area contributed by atoms with Crippen molar-refractivity contribution in [1.29, 1.82) is 0 Å². The number of aryl methyl sites for hydroxylation is 1. The molecule has 1 N–H and O–H groups in total. The zero-order valence-electron chi connectivity index (χ0n) is 20.5. The van der Waals surface area contributed by atoms with Gasteiger partial charge in [-0.3, -0.25) is 9.59 Å². The summed E-state index contributed by atoms with van der Waals surface area (Å²) in [5.41, 5.74) is 5.16. The van der Waals surface area contributed by atoms with Crippen LogP contribution in [0, 0.1) is 24.0 Å². The quantitative estimate of drug-likeness (QED) is 0.464. The number of carbonyl (C=O) groups is 2. The van der Waals surface area contributed by atoms with Crippen LogP contribution in [-0.4, -0.2) is 54.3 Å². The van der Waals surface area contributed by atoms with Crippen LogP contribution in [0.5, 0.6) is 0 Å². The molecule has 7 nitrogen and oxygen atoms in total. The minimum Gasteiger partial charge on any atom is -0.792 e. The molecule has 1 unspecified atom stereocenters. The van der Waals surface area contributed by atoms with Gasteiger partial charge in [0.15, 0.2) is 0 Å². The summed E-state index contributed by atoms with van der Waals surface area (Å²) in [4.78, 5) is 27.2. The maximum atomic E-state index is 12.0. The van der Waals surface area contributed by atoms with Crippen molar-refractivity contribution in [1.82, 2.24) is 4.90 Å². The Morgan fingerprint density at radius 2 is 1.77 bits per heavy atom. The zero-order valence-corrected chi connectivity index (χ0v) is 20.5. The number of hydrogen-bond donors (Lipinski definition) is 1. The van der Waals surface area contributed by atoms with Gasteiger partial charge in [0.25, 0.3) is 0 Å². The van der Waals surface area contributed by atoms with Crippen LogP contribution < -0.4 is 4.90 Å². The summed E-state index contributed by atoms with van der Waals surface area (Å²) in [5.74, 6) is -0.875. The maximum Gasteiger partial charge on any atom is 0.306 e. The Kier molecular flexibility index (Phi) is 7.73. The Morgan fingerprint density at radius 3 is 2.37 bits per heavy atom. The predicted molar refractivity (Wildman–Crippen MR) is 138 cm³/mol. The van der Waals surface area contributed by atoms with Gasteiger partial charge >= 0.3 is 5.97 Å². The van der Waals surface area contributed by atoms with Crippen molar-refractivity contribution in [3.63, 3.8) is 0 Å². The predicted octanol–water partition coefficient (Wildman–Crippen LogP) is 4.63. The Morgan fingerprint density at radius 1 is 1.09 bits per heavy atom. The first-order valence-electron chi connectivity index (χ1n) is 12.4. The van der Waals surface area contributed by atoms with E-state index in [0.29, 0.717) is 44.4 Å². The van der Waals surface area contributed by atoms with Crippen molar-refractivity contribution in [2.45, 2.75) is 44.9 Å². The minimum atomic E-state index is -0.703. The van der Waals surface area contributed by atoms with Crippen molar-refractivity contribution >= 4 is 23.3 Å². The zero-order chi connectivity index (χ0) is 24.9. The summed E-state index contributed by atoms with van der Waals surface area (Å²) in [6.45, 7) is 4.09. The summed E-state index contributed by atoms with van der Waals surface area (Å²) >= 11 is 0. The number of benzene rings is 2. The largest absolute Gasteiger partial charge is 0.792 e. The molecule has 2 aliphatic heterocycles. The third-order valence-corrected chi connectivity index (χ3v) is 7.70. The number of nitrogens with zero attached hydrogens (tertiary/aromatic N) is 3. The van der Waals surface area contributed by atoms with Crippen molar-refractivity contribution < 1.29 is 14.7 Å². The lowest BCUT2D eigenvalue weighted by atomic mass is 9.80. The molecule has 186 valence electrons. The molecular formula is C28H34N3O4-. The van der Waals surface area contributed by atoms with Gasteiger partial charge in [0.1, 0.15) is 0 Å². The number of amides is 1. The molecule has 2 saturated heterocycles. The molecule has 2 atom stereocenters. The fourth-order valence-electron chi connectivity index (χ4n) is 5.46. The molecule has 0 spiro atoms. The minimum absolute atomic E-state index is 0.0152. The molecule has 0 radical (unpaired) electrons. The molecule has 4 rings (SSSR count). The Balaban J connectivity index is 1.56. The second kappa shape index (κ2) is 10.9. The molecule has 2 aliphatic rings. The highest BCUT2D eigenvalue weighted by molar-refractivity contribution is 5.90. The molecule has 2 heterocycles. The summed E-state index contributed by atoms with van der Waals surface area (Å²) in [6, 6.07) is 16.7. The Hall–Kier alpha value is -3.35. The number of carbonyl (C=O) groups excluding carboxylic acids is 1. The van der Waals surface area contributed by atoms with Crippen molar-refractivity contribution in [3.8, 4) is 0 Å². The smallest absolute Gasteiger partial charge is 0.306 e. The van der Waals surface area contributed by atoms with E-state index in [-0.39, 0.29) is 23.7 Å². The number of anilines is 1. The van der Waals surface area contributed by atoms with Gasteiger partial charge in [-0.2, -0.15) is 0 Å². The maximum absolute atomic E-state index is 12.0. The number of carboxylic acids is 1. The fraction of sp³-hybridized carbons (Fsp3) is 0.464.